The zero-order chi connectivity index (χ0) is 19.1. The zero-order valence-corrected chi connectivity index (χ0v) is 17.0. The highest BCUT2D eigenvalue weighted by Crippen LogP contribution is 2.39. The van der Waals surface area contributed by atoms with Gasteiger partial charge in [0, 0.05) is 18.6 Å². The van der Waals surface area contributed by atoms with Crippen LogP contribution < -0.4 is 10.1 Å². The first-order chi connectivity index (χ1) is 13.1. The molecule has 0 radical (unpaired) electrons. The van der Waals surface area contributed by atoms with Crippen molar-refractivity contribution in [3.05, 3.63) is 65.7 Å². The minimum absolute atomic E-state index is 0.00273. The fraction of sp³-hybridized carbons (Fsp3) is 0.500. The first-order valence-electron chi connectivity index (χ1n) is 10.2. The molecule has 0 spiro atoms. The first kappa shape index (κ1) is 19.9. The van der Waals surface area contributed by atoms with Crippen LogP contribution in [0.5, 0.6) is 5.75 Å². The Labute approximate surface area is 164 Å². The number of ether oxygens (including phenoxy) is 2. The maximum atomic E-state index is 5.97. The second kappa shape index (κ2) is 9.38. The summed E-state index contributed by atoms with van der Waals surface area (Å²) in [7, 11) is 1.71. The number of nitrogens with two attached hydrogens (primary N) is 1. The standard InChI is InChI=1S/C24H33NO2/c1-24(2)17-21(14-16-27-24)23(20-7-5-4-6-8-20)13-15-25-18-19-9-11-22(26-3)12-10-19/h4-12,21,23,25H,13-18H2,1-3H3/p+1/t21-,23+/m0/s1. The van der Waals surface area contributed by atoms with Gasteiger partial charge in [0.25, 0.3) is 0 Å². The molecule has 2 N–H and O–H groups in total. The van der Waals surface area contributed by atoms with Crippen molar-refractivity contribution in [2.75, 3.05) is 20.3 Å². The molecule has 0 unspecified atom stereocenters. The second-order valence-electron chi connectivity index (χ2n) is 8.30. The van der Waals surface area contributed by atoms with Crippen LogP contribution in [-0.2, 0) is 11.3 Å². The predicted octanol–water partition coefficient (Wildman–Crippen LogP) is 4.14. The minimum Gasteiger partial charge on any atom is -0.497 e. The molecule has 0 aliphatic carbocycles. The fourth-order valence-corrected chi connectivity index (χ4v) is 4.32. The Morgan fingerprint density at radius 2 is 1.85 bits per heavy atom. The Bertz CT molecular complexity index is 681. The van der Waals surface area contributed by atoms with Gasteiger partial charge in [0.1, 0.15) is 12.3 Å². The molecular formula is C24H34NO2+. The van der Waals surface area contributed by atoms with Crippen molar-refractivity contribution in [3.63, 3.8) is 0 Å². The van der Waals surface area contributed by atoms with E-state index >= 15 is 0 Å². The molecular weight excluding hydrogens is 334 g/mol. The quantitative estimate of drug-likeness (QED) is 0.711. The average Bonchev–Trinajstić information content (AvgIpc) is 2.68. The number of hydrogen-bond acceptors (Lipinski definition) is 2. The lowest BCUT2D eigenvalue weighted by Gasteiger charge is -2.39. The van der Waals surface area contributed by atoms with Crippen LogP contribution in [-0.4, -0.2) is 25.9 Å². The molecule has 0 saturated carbocycles. The Morgan fingerprint density at radius 3 is 2.52 bits per heavy atom. The van der Waals surface area contributed by atoms with E-state index in [1.54, 1.807) is 7.11 Å². The lowest BCUT2D eigenvalue weighted by atomic mass is 9.75. The Kier molecular flexibility index (Phi) is 6.92. The number of methoxy groups -OCH3 is 1. The molecule has 2 aromatic carbocycles. The van der Waals surface area contributed by atoms with Gasteiger partial charge in [-0.3, -0.25) is 0 Å². The molecule has 1 saturated heterocycles. The van der Waals surface area contributed by atoms with Crippen molar-refractivity contribution < 1.29 is 14.8 Å². The van der Waals surface area contributed by atoms with Gasteiger partial charge in [-0.1, -0.05) is 30.3 Å². The molecule has 1 heterocycles. The maximum Gasteiger partial charge on any atom is 0.118 e. The van der Waals surface area contributed by atoms with E-state index in [1.807, 2.05) is 12.1 Å². The van der Waals surface area contributed by atoms with Gasteiger partial charge in [-0.05, 0) is 68.4 Å². The second-order valence-corrected chi connectivity index (χ2v) is 8.30. The lowest BCUT2D eigenvalue weighted by molar-refractivity contribution is -0.671. The Balaban J connectivity index is 1.58. The number of hydrogen-bond donors (Lipinski definition) is 1. The van der Waals surface area contributed by atoms with Gasteiger partial charge in [-0.2, -0.15) is 0 Å². The van der Waals surface area contributed by atoms with Crippen LogP contribution in [0.25, 0.3) is 0 Å². The van der Waals surface area contributed by atoms with Crippen LogP contribution in [0.4, 0.5) is 0 Å². The SMILES string of the molecule is COc1ccc(C[NH2+]CC[C@H](c2ccccc2)[C@H]2CCOC(C)(C)C2)cc1. The molecule has 2 aromatic rings. The molecule has 1 fully saturated rings. The summed E-state index contributed by atoms with van der Waals surface area (Å²) in [5.74, 6) is 2.23. The van der Waals surface area contributed by atoms with Crippen molar-refractivity contribution in [3.8, 4) is 5.75 Å². The van der Waals surface area contributed by atoms with E-state index in [4.69, 9.17) is 9.47 Å². The minimum atomic E-state index is 0.00273. The molecule has 1 aliphatic rings. The van der Waals surface area contributed by atoms with Crippen molar-refractivity contribution in [1.29, 1.82) is 0 Å². The molecule has 0 bridgehead atoms. The van der Waals surface area contributed by atoms with Crippen LogP contribution in [0.1, 0.15) is 50.2 Å². The van der Waals surface area contributed by atoms with Crippen molar-refractivity contribution in [1.82, 2.24) is 0 Å². The van der Waals surface area contributed by atoms with Gasteiger partial charge in [0.15, 0.2) is 0 Å². The summed E-state index contributed by atoms with van der Waals surface area (Å²) in [6, 6.07) is 19.5. The van der Waals surface area contributed by atoms with Crippen LogP contribution in [0.2, 0.25) is 0 Å². The maximum absolute atomic E-state index is 5.97. The van der Waals surface area contributed by atoms with Crippen molar-refractivity contribution in [2.24, 2.45) is 5.92 Å². The molecule has 27 heavy (non-hydrogen) atoms. The summed E-state index contributed by atoms with van der Waals surface area (Å²) in [4.78, 5) is 0. The van der Waals surface area contributed by atoms with Crippen LogP contribution in [0.3, 0.4) is 0 Å². The van der Waals surface area contributed by atoms with Gasteiger partial charge < -0.3 is 14.8 Å². The normalized spacial score (nSPS) is 20.2. The highest BCUT2D eigenvalue weighted by atomic mass is 16.5. The summed E-state index contributed by atoms with van der Waals surface area (Å²) < 4.78 is 11.2. The van der Waals surface area contributed by atoms with Crippen LogP contribution in [0.15, 0.2) is 54.6 Å². The van der Waals surface area contributed by atoms with Crippen molar-refractivity contribution >= 4 is 0 Å². The predicted molar refractivity (Wildman–Crippen MR) is 110 cm³/mol. The third-order valence-corrected chi connectivity index (χ3v) is 5.75. The first-order valence-corrected chi connectivity index (χ1v) is 10.2. The largest absolute Gasteiger partial charge is 0.497 e. The third kappa shape index (κ3) is 5.82. The third-order valence-electron chi connectivity index (χ3n) is 5.75. The molecule has 146 valence electrons. The average molecular weight is 369 g/mol. The van der Waals surface area contributed by atoms with E-state index in [2.05, 4.69) is 61.6 Å². The van der Waals surface area contributed by atoms with Crippen LogP contribution in [0, 0.1) is 5.92 Å². The van der Waals surface area contributed by atoms with Crippen LogP contribution >= 0.6 is 0 Å². The molecule has 3 rings (SSSR count). The van der Waals surface area contributed by atoms with E-state index in [9.17, 15) is 0 Å². The van der Waals surface area contributed by atoms with E-state index in [0.717, 1.165) is 31.9 Å². The summed E-state index contributed by atoms with van der Waals surface area (Å²) in [6.07, 6.45) is 3.52. The Morgan fingerprint density at radius 1 is 1.11 bits per heavy atom. The van der Waals surface area contributed by atoms with E-state index < -0.39 is 0 Å². The van der Waals surface area contributed by atoms with E-state index in [1.165, 1.54) is 24.0 Å². The summed E-state index contributed by atoms with van der Waals surface area (Å²) in [5, 5.41) is 2.43. The zero-order valence-electron chi connectivity index (χ0n) is 17.0. The van der Waals surface area contributed by atoms with Gasteiger partial charge in [-0.15, -0.1) is 0 Å². The monoisotopic (exact) mass is 368 g/mol. The summed E-state index contributed by atoms with van der Waals surface area (Å²) in [6.45, 7) is 7.51. The smallest absolute Gasteiger partial charge is 0.118 e. The number of quaternary nitrogens is 1. The highest BCUT2D eigenvalue weighted by molar-refractivity contribution is 5.26. The fourth-order valence-electron chi connectivity index (χ4n) is 4.32. The number of benzene rings is 2. The molecule has 1 aliphatic heterocycles. The molecule has 3 nitrogen and oxygen atoms in total. The summed E-state index contributed by atoms with van der Waals surface area (Å²) in [5.41, 5.74) is 2.83. The van der Waals surface area contributed by atoms with Gasteiger partial charge >= 0.3 is 0 Å². The van der Waals surface area contributed by atoms with Gasteiger partial charge in [-0.25, -0.2) is 0 Å². The number of rotatable bonds is 8. The molecule has 3 heteroatoms. The highest BCUT2D eigenvalue weighted by Gasteiger charge is 2.34. The summed E-state index contributed by atoms with van der Waals surface area (Å²) >= 11 is 0. The van der Waals surface area contributed by atoms with Gasteiger partial charge in [0.2, 0.25) is 0 Å². The van der Waals surface area contributed by atoms with Crippen molar-refractivity contribution in [2.45, 2.75) is 51.2 Å². The molecule has 0 aromatic heterocycles. The Hall–Kier alpha value is -1.84. The van der Waals surface area contributed by atoms with Gasteiger partial charge in [0.05, 0.1) is 19.3 Å². The molecule has 0 amide bonds. The lowest BCUT2D eigenvalue weighted by Crippen LogP contribution is -2.82. The van der Waals surface area contributed by atoms with E-state index in [-0.39, 0.29) is 5.60 Å². The molecule has 2 atom stereocenters. The topological polar surface area (TPSA) is 35.1 Å². The van der Waals surface area contributed by atoms with E-state index in [0.29, 0.717) is 11.8 Å².